The first-order chi connectivity index (χ1) is 9.16. The molecule has 0 bridgehead atoms. The van der Waals surface area contributed by atoms with Gasteiger partial charge < -0.3 is 15.2 Å². The number of nitrogens with zero attached hydrogens (tertiary/aromatic N) is 3. The molecule has 1 saturated heterocycles. The number of hydrogen-bond donors (Lipinski definition) is 2. The summed E-state index contributed by atoms with van der Waals surface area (Å²) in [6, 6.07) is 2.30. The Kier molecular flexibility index (Phi) is 3.33. The summed E-state index contributed by atoms with van der Waals surface area (Å²) < 4.78 is 0. The fourth-order valence-corrected chi connectivity index (χ4v) is 2.92. The average molecular weight is 280 g/mol. The Morgan fingerprint density at radius 2 is 2.26 bits per heavy atom. The smallest absolute Gasteiger partial charge is 0.228 e. The highest BCUT2D eigenvalue weighted by molar-refractivity contribution is 6.34. The summed E-state index contributed by atoms with van der Waals surface area (Å²) in [6.45, 7) is 4.32. The molecule has 2 atom stereocenters. The van der Waals surface area contributed by atoms with Crippen LogP contribution >= 0.6 is 11.6 Å². The molecule has 6 heteroatoms. The van der Waals surface area contributed by atoms with Crippen LogP contribution in [0.3, 0.4) is 0 Å². The van der Waals surface area contributed by atoms with Crippen LogP contribution in [0.15, 0.2) is 12.3 Å². The lowest BCUT2D eigenvalue weighted by atomic mass is 9.94. The summed E-state index contributed by atoms with van der Waals surface area (Å²) >= 11 is 6.21. The largest absolute Gasteiger partial charge is 0.346 e. The number of hydrogen-bond acceptors (Lipinski definition) is 4. The molecule has 0 amide bonds. The van der Waals surface area contributed by atoms with E-state index in [4.69, 9.17) is 11.6 Å². The highest BCUT2D eigenvalue weighted by atomic mass is 35.5. The van der Waals surface area contributed by atoms with E-state index >= 15 is 0 Å². The van der Waals surface area contributed by atoms with E-state index in [2.05, 4.69) is 32.1 Å². The van der Waals surface area contributed by atoms with Crippen LogP contribution in [0.25, 0.3) is 11.0 Å². The van der Waals surface area contributed by atoms with Crippen molar-refractivity contribution in [2.45, 2.75) is 19.4 Å². The van der Waals surface area contributed by atoms with Crippen molar-refractivity contribution in [1.82, 2.24) is 20.3 Å². The van der Waals surface area contributed by atoms with E-state index in [1.165, 1.54) is 6.42 Å². The minimum atomic E-state index is 0.400. The Morgan fingerprint density at radius 1 is 1.42 bits per heavy atom. The van der Waals surface area contributed by atoms with E-state index in [9.17, 15) is 0 Å². The van der Waals surface area contributed by atoms with Crippen LogP contribution in [0, 0.1) is 5.92 Å². The lowest BCUT2D eigenvalue weighted by Crippen LogP contribution is -2.49. The lowest BCUT2D eigenvalue weighted by Gasteiger charge is -2.36. The van der Waals surface area contributed by atoms with E-state index in [1.54, 1.807) is 0 Å². The number of anilines is 1. The molecule has 0 spiro atoms. The number of piperidine rings is 1. The van der Waals surface area contributed by atoms with E-state index < -0.39 is 0 Å². The van der Waals surface area contributed by atoms with Gasteiger partial charge in [0, 0.05) is 25.8 Å². The fourth-order valence-electron chi connectivity index (χ4n) is 2.69. The number of aromatic nitrogens is 3. The van der Waals surface area contributed by atoms with Gasteiger partial charge in [0.15, 0.2) is 0 Å². The first-order valence-corrected chi connectivity index (χ1v) is 6.99. The molecule has 0 aromatic carbocycles. The number of likely N-dealkylation sites (N-methyl/N-ethyl adjacent to an activating group) is 1. The minimum absolute atomic E-state index is 0.400. The van der Waals surface area contributed by atoms with Crippen LogP contribution in [-0.2, 0) is 0 Å². The van der Waals surface area contributed by atoms with Gasteiger partial charge in [-0.05, 0) is 24.9 Å². The van der Waals surface area contributed by atoms with Crippen LogP contribution in [0.4, 0.5) is 5.95 Å². The summed E-state index contributed by atoms with van der Waals surface area (Å²) in [6.07, 6.45) is 3.01. The number of fused-ring (bicyclic) bond motifs is 1. The SMILES string of the molecule is C[C@@H]1CCNC[C@@H]1N(C)c1nc(Cl)c2cc[nH]c2n1. The topological polar surface area (TPSA) is 56.8 Å². The second kappa shape index (κ2) is 4.98. The van der Waals surface area contributed by atoms with Crippen LogP contribution < -0.4 is 10.2 Å². The molecule has 2 aromatic rings. The van der Waals surface area contributed by atoms with Gasteiger partial charge in [0.05, 0.1) is 5.39 Å². The summed E-state index contributed by atoms with van der Waals surface area (Å²) in [5.74, 6) is 1.30. The maximum absolute atomic E-state index is 6.21. The molecule has 3 heterocycles. The minimum Gasteiger partial charge on any atom is -0.346 e. The predicted molar refractivity (Wildman–Crippen MR) is 77.7 cm³/mol. The summed E-state index contributed by atoms with van der Waals surface area (Å²) in [7, 11) is 2.04. The molecule has 5 nitrogen and oxygen atoms in total. The number of rotatable bonds is 2. The molecule has 3 rings (SSSR count). The molecular formula is C13H18ClN5. The second-order valence-electron chi connectivity index (χ2n) is 5.20. The molecule has 0 radical (unpaired) electrons. The van der Waals surface area contributed by atoms with Gasteiger partial charge in [0.2, 0.25) is 5.95 Å². The van der Waals surface area contributed by atoms with E-state index in [1.807, 2.05) is 19.3 Å². The van der Waals surface area contributed by atoms with Crippen LogP contribution in [-0.4, -0.2) is 41.1 Å². The fraction of sp³-hybridized carbons (Fsp3) is 0.538. The normalized spacial score (nSPS) is 23.7. The molecule has 1 fully saturated rings. The van der Waals surface area contributed by atoms with Gasteiger partial charge in [-0.3, -0.25) is 0 Å². The number of halogens is 1. The zero-order valence-corrected chi connectivity index (χ0v) is 11.9. The zero-order valence-electron chi connectivity index (χ0n) is 11.2. The second-order valence-corrected chi connectivity index (χ2v) is 5.56. The molecule has 1 aliphatic heterocycles. The van der Waals surface area contributed by atoms with E-state index in [0.717, 1.165) is 24.1 Å². The average Bonchev–Trinajstić information content (AvgIpc) is 2.87. The monoisotopic (exact) mass is 279 g/mol. The highest BCUT2D eigenvalue weighted by Crippen LogP contribution is 2.25. The van der Waals surface area contributed by atoms with Crippen molar-refractivity contribution in [3.63, 3.8) is 0 Å². The molecule has 0 aliphatic carbocycles. The molecule has 2 N–H and O–H groups in total. The Morgan fingerprint density at radius 3 is 3.05 bits per heavy atom. The van der Waals surface area contributed by atoms with Crippen LogP contribution in [0.1, 0.15) is 13.3 Å². The van der Waals surface area contributed by atoms with Gasteiger partial charge in [0.25, 0.3) is 0 Å². The standard InChI is InChI=1S/C13H18ClN5/c1-8-3-5-15-7-10(8)19(2)13-17-11(14)9-4-6-16-12(9)18-13/h4,6,8,10,15H,3,5,7H2,1-2H3,(H,16,17,18)/t8-,10+/m1/s1. The molecule has 0 saturated carbocycles. The quantitative estimate of drug-likeness (QED) is 0.826. The van der Waals surface area contributed by atoms with Gasteiger partial charge in [-0.2, -0.15) is 4.98 Å². The van der Waals surface area contributed by atoms with Gasteiger partial charge >= 0.3 is 0 Å². The van der Waals surface area contributed by atoms with Crippen molar-refractivity contribution < 1.29 is 0 Å². The van der Waals surface area contributed by atoms with Crippen molar-refractivity contribution in [1.29, 1.82) is 0 Å². The summed E-state index contributed by atoms with van der Waals surface area (Å²) in [4.78, 5) is 14.2. The first kappa shape index (κ1) is 12.7. The van der Waals surface area contributed by atoms with E-state index in [-0.39, 0.29) is 0 Å². The molecular weight excluding hydrogens is 262 g/mol. The molecule has 1 aliphatic rings. The number of nitrogens with one attached hydrogen (secondary N) is 2. The maximum atomic E-state index is 6.21. The van der Waals surface area contributed by atoms with Crippen LogP contribution in [0.5, 0.6) is 0 Å². The lowest BCUT2D eigenvalue weighted by molar-refractivity contribution is 0.336. The zero-order chi connectivity index (χ0) is 13.4. The van der Waals surface area contributed by atoms with Crippen molar-refractivity contribution in [2.75, 3.05) is 25.0 Å². The van der Waals surface area contributed by atoms with Crippen molar-refractivity contribution >= 4 is 28.6 Å². The third-order valence-electron chi connectivity index (χ3n) is 3.96. The summed E-state index contributed by atoms with van der Waals surface area (Å²) in [5, 5.41) is 4.80. The first-order valence-electron chi connectivity index (χ1n) is 6.61. The van der Waals surface area contributed by atoms with E-state index in [0.29, 0.717) is 23.1 Å². The molecule has 102 valence electrons. The Balaban J connectivity index is 1.94. The molecule has 0 unspecified atom stereocenters. The Labute approximate surface area is 117 Å². The van der Waals surface area contributed by atoms with Crippen molar-refractivity contribution in [3.05, 3.63) is 17.4 Å². The highest BCUT2D eigenvalue weighted by Gasteiger charge is 2.26. The van der Waals surface area contributed by atoms with Crippen molar-refractivity contribution in [3.8, 4) is 0 Å². The molecule has 2 aromatic heterocycles. The van der Waals surface area contributed by atoms with Gasteiger partial charge in [-0.15, -0.1) is 0 Å². The third-order valence-corrected chi connectivity index (χ3v) is 4.25. The van der Waals surface area contributed by atoms with Gasteiger partial charge in [-0.25, -0.2) is 4.98 Å². The maximum Gasteiger partial charge on any atom is 0.228 e. The Bertz CT molecular complexity index is 581. The van der Waals surface area contributed by atoms with Gasteiger partial charge in [-0.1, -0.05) is 18.5 Å². The summed E-state index contributed by atoms with van der Waals surface area (Å²) in [5.41, 5.74) is 0.790. The Hall–Kier alpha value is -1.33. The number of H-pyrrole nitrogens is 1. The third kappa shape index (κ3) is 2.28. The van der Waals surface area contributed by atoms with Crippen LogP contribution in [0.2, 0.25) is 5.15 Å². The number of aromatic amines is 1. The predicted octanol–water partition coefficient (Wildman–Crippen LogP) is 2.05. The van der Waals surface area contributed by atoms with Crippen molar-refractivity contribution in [2.24, 2.45) is 5.92 Å². The molecule has 19 heavy (non-hydrogen) atoms. The van der Waals surface area contributed by atoms with Gasteiger partial charge in [0.1, 0.15) is 10.8 Å².